The Balaban J connectivity index is 1.84. The first-order chi connectivity index (χ1) is 13.5. The number of nitrogens with zero attached hydrogens (tertiary/aromatic N) is 4. The number of carbonyl (C=O) groups is 1. The molecule has 0 aliphatic carbocycles. The molecule has 2 aromatic carbocycles. The van der Waals surface area contributed by atoms with Crippen LogP contribution >= 0.6 is 11.8 Å². The van der Waals surface area contributed by atoms with E-state index in [0.29, 0.717) is 5.16 Å². The molecule has 6 nitrogen and oxygen atoms in total. The molecular formula is C21H21N5OS. The van der Waals surface area contributed by atoms with Gasteiger partial charge in [-0.3, -0.25) is 9.20 Å². The minimum absolute atomic E-state index is 0.0256. The maximum atomic E-state index is 12.1. The van der Waals surface area contributed by atoms with Crippen molar-refractivity contribution in [3.8, 4) is 11.4 Å². The predicted octanol–water partition coefficient (Wildman–Crippen LogP) is 3.87. The SMILES string of the molecule is Cc1ccc(-c2nc3ccccc3c3nnc(SCC(=O)NC(C)C)n23)cc1. The van der Waals surface area contributed by atoms with Gasteiger partial charge in [-0.25, -0.2) is 4.98 Å². The molecule has 0 aliphatic rings. The van der Waals surface area contributed by atoms with Crippen LogP contribution in [0, 0.1) is 6.92 Å². The first-order valence-corrected chi connectivity index (χ1v) is 10.1. The summed E-state index contributed by atoms with van der Waals surface area (Å²) in [5.41, 5.74) is 3.78. The van der Waals surface area contributed by atoms with E-state index in [1.54, 1.807) is 0 Å². The minimum atomic E-state index is -0.0256. The highest BCUT2D eigenvalue weighted by Crippen LogP contribution is 2.29. The molecule has 4 rings (SSSR count). The van der Waals surface area contributed by atoms with Crippen LogP contribution in [0.3, 0.4) is 0 Å². The highest BCUT2D eigenvalue weighted by atomic mass is 32.2. The van der Waals surface area contributed by atoms with Gasteiger partial charge in [-0.15, -0.1) is 10.2 Å². The zero-order chi connectivity index (χ0) is 19.7. The summed E-state index contributed by atoms with van der Waals surface area (Å²) in [6.07, 6.45) is 0. The van der Waals surface area contributed by atoms with Crippen LogP contribution in [0.25, 0.3) is 27.9 Å². The second kappa shape index (κ2) is 7.59. The lowest BCUT2D eigenvalue weighted by molar-refractivity contribution is -0.119. The van der Waals surface area contributed by atoms with Crippen molar-refractivity contribution in [3.05, 3.63) is 54.1 Å². The van der Waals surface area contributed by atoms with E-state index in [1.165, 1.54) is 17.3 Å². The maximum Gasteiger partial charge on any atom is 0.230 e. The molecule has 0 spiro atoms. The molecule has 28 heavy (non-hydrogen) atoms. The van der Waals surface area contributed by atoms with Crippen molar-refractivity contribution in [1.82, 2.24) is 24.9 Å². The largest absolute Gasteiger partial charge is 0.353 e. The van der Waals surface area contributed by atoms with E-state index in [4.69, 9.17) is 4.98 Å². The zero-order valence-electron chi connectivity index (χ0n) is 16.0. The third-order valence-corrected chi connectivity index (χ3v) is 5.24. The number of rotatable bonds is 5. The summed E-state index contributed by atoms with van der Waals surface area (Å²) in [5, 5.41) is 13.3. The van der Waals surface area contributed by atoms with Crippen molar-refractivity contribution in [1.29, 1.82) is 0 Å². The van der Waals surface area contributed by atoms with Gasteiger partial charge >= 0.3 is 0 Å². The molecule has 142 valence electrons. The standard InChI is InChI=1S/C21H21N5OS/c1-13(2)22-18(27)12-28-21-25-24-20-16-6-4-5-7-17(16)23-19(26(20)21)15-10-8-14(3)9-11-15/h4-11,13H,12H2,1-3H3,(H,22,27). The number of nitrogens with one attached hydrogen (secondary N) is 1. The highest BCUT2D eigenvalue weighted by molar-refractivity contribution is 7.99. The Hall–Kier alpha value is -2.93. The van der Waals surface area contributed by atoms with Gasteiger partial charge in [0.25, 0.3) is 0 Å². The molecule has 0 unspecified atom stereocenters. The summed E-state index contributed by atoms with van der Waals surface area (Å²) in [6.45, 7) is 5.95. The van der Waals surface area contributed by atoms with Gasteiger partial charge in [0.05, 0.1) is 11.3 Å². The summed E-state index contributed by atoms with van der Waals surface area (Å²) in [4.78, 5) is 17.0. The van der Waals surface area contributed by atoms with Gasteiger partial charge in [-0.2, -0.15) is 0 Å². The lowest BCUT2D eigenvalue weighted by Crippen LogP contribution is -2.31. The molecule has 7 heteroatoms. The normalized spacial score (nSPS) is 11.4. The van der Waals surface area contributed by atoms with E-state index in [1.807, 2.05) is 54.6 Å². The average Bonchev–Trinajstić information content (AvgIpc) is 3.10. The van der Waals surface area contributed by atoms with Crippen molar-refractivity contribution in [2.24, 2.45) is 0 Å². The van der Waals surface area contributed by atoms with Gasteiger partial charge in [0.1, 0.15) is 5.82 Å². The van der Waals surface area contributed by atoms with Gasteiger partial charge in [0, 0.05) is 17.0 Å². The molecule has 2 heterocycles. The van der Waals surface area contributed by atoms with Crippen molar-refractivity contribution in [2.75, 3.05) is 5.75 Å². The first kappa shape index (κ1) is 18.4. The third-order valence-electron chi connectivity index (χ3n) is 4.31. The Morgan fingerprint density at radius 1 is 1.11 bits per heavy atom. The number of aromatic nitrogens is 4. The summed E-state index contributed by atoms with van der Waals surface area (Å²) in [6, 6.07) is 16.2. The minimum Gasteiger partial charge on any atom is -0.353 e. The molecular weight excluding hydrogens is 370 g/mol. The molecule has 0 bridgehead atoms. The number of amides is 1. The fourth-order valence-corrected chi connectivity index (χ4v) is 3.79. The quantitative estimate of drug-likeness (QED) is 0.523. The van der Waals surface area contributed by atoms with E-state index in [-0.39, 0.29) is 17.7 Å². The van der Waals surface area contributed by atoms with E-state index in [2.05, 4.69) is 34.6 Å². The molecule has 0 saturated carbocycles. The van der Waals surface area contributed by atoms with Crippen LogP contribution in [0.4, 0.5) is 0 Å². The molecule has 1 N–H and O–H groups in total. The fraction of sp³-hybridized carbons (Fsp3) is 0.238. The van der Waals surface area contributed by atoms with Gasteiger partial charge in [-0.05, 0) is 32.9 Å². The molecule has 4 aromatic rings. The Kier molecular flexibility index (Phi) is 5.00. The number of hydrogen-bond acceptors (Lipinski definition) is 5. The fourth-order valence-electron chi connectivity index (χ4n) is 3.04. The second-order valence-corrected chi connectivity index (χ2v) is 7.91. The molecule has 0 fully saturated rings. The van der Waals surface area contributed by atoms with Crippen LogP contribution < -0.4 is 5.32 Å². The molecule has 0 saturated heterocycles. The van der Waals surface area contributed by atoms with Crippen molar-refractivity contribution in [2.45, 2.75) is 32.0 Å². The van der Waals surface area contributed by atoms with Gasteiger partial charge < -0.3 is 5.32 Å². The number of benzene rings is 2. The van der Waals surface area contributed by atoms with Crippen LogP contribution in [-0.4, -0.2) is 37.3 Å². The number of fused-ring (bicyclic) bond motifs is 3. The molecule has 0 radical (unpaired) electrons. The summed E-state index contributed by atoms with van der Waals surface area (Å²) < 4.78 is 1.94. The van der Waals surface area contributed by atoms with E-state index in [9.17, 15) is 4.79 Å². The van der Waals surface area contributed by atoms with E-state index >= 15 is 0 Å². The van der Waals surface area contributed by atoms with Gasteiger partial charge in [0.15, 0.2) is 10.8 Å². The predicted molar refractivity (Wildman–Crippen MR) is 112 cm³/mol. The third kappa shape index (κ3) is 3.57. The second-order valence-electron chi connectivity index (χ2n) is 6.97. The Bertz CT molecular complexity index is 1150. The number of hydrogen-bond donors (Lipinski definition) is 1. The van der Waals surface area contributed by atoms with Gasteiger partial charge in [-0.1, -0.05) is 53.7 Å². The highest BCUT2D eigenvalue weighted by Gasteiger charge is 2.17. The lowest BCUT2D eigenvalue weighted by Gasteiger charge is -2.10. The Morgan fingerprint density at radius 2 is 1.86 bits per heavy atom. The summed E-state index contributed by atoms with van der Waals surface area (Å²) in [7, 11) is 0. The topological polar surface area (TPSA) is 72.2 Å². The molecule has 1 amide bonds. The van der Waals surface area contributed by atoms with Crippen molar-refractivity contribution >= 4 is 34.2 Å². The van der Waals surface area contributed by atoms with Crippen molar-refractivity contribution < 1.29 is 4.79 Å². The van der Waals surface area contributed by atoms with Crippen LogP contribution in [0.1, 0.15) is 19.4 Å². The van der Waals surface area contributed by atoms with Crippen molar-refractivity contribution in [3.63, 3.8) is 0 Å². The van der Waals surface area contributed by atoms with Crippen LogP contribution in [0.5, 0.6) is 0 Å². The molecule has 0 aliphatic heterocycles. The average molecular weight is 392 g/mol. The number of aryl methyl sites for hydroxylation is 1. The first-order valence-electron chi connectivity index (χ1n) is 9.16. The zero-order valence-corrected chi connectivity index (χ0v) is 16.8. The Morgan fingerprint density at radius 3 is 2.61 bits per heavy atom. The summed E-state index contributed by atoms with van der Waals surface area (Å²) in [5.74, 6) is 1.02. The molecule has 2 aromatic heterocycles. The molecule has 0 atom stereocenters. The van der Waals surface area contributed by atoms with E-state index < -0.39 is 0 Å². The van der Waals surface area contributed by atoms with Crippen LogP contribution in [0.15, 0.2) is 53.7 Å². The van der Waals surface area contributed by atoms with Gasteiger partial charge in [0.2, 0.25) is 5.91 Å². The van der Waals surface area contributed by atoms with Crippen LogP contribution in [-0.2, 0) is 4.79 Å². The number of thioether (sulfide) groups is 1. The smallest absolute Gasteiger partial charge is 0.230 e. The maximum absolute atomic E-state index is 12.1. The lowest BCUT2D eigenvalue weighted by atomic mass is 10.1. The summed E-state index contributed by atoms with van der Waals surface area (Å²) >= 11 is 1.36. The van der Waals surface area contributed by atoms with Crippen LogP contribution in [0.2, 0.25) is 0 Å². The number of carbonyl (C=O) groups excluding carboxylic acids is 1. The van der Waals surface area contributed by atoms with E-state index in [0.717, 1.165) is 27.9 Å². The Labute approximate surface area is 167 Å². The monoisotopic (exact) mass is 391 g/mol. The number of para-hydroxylation sites is 1.